The maximum absolute atomic E-state index is 13.3. The zero-order valence-corrected chi connectivity index (χ0v) is 13.0. The summed E-state index contributed by atoms with van der Waals surface area (Å²) in [6.45, 7) is 8.01. The highest BCUT2D eigenvalue weighted by atomic mass is 35.5. The molecule has 3 nitrogen and oxygen atoms in total. The Morgan fingerprint density at radius 2 is 2.15 bits per heavy atom. The van der Waals surface area contributed by atoms with Crippen molar-refractivity contribution in [1.29, 1.82) is 0 Å². The van der Waals surface area contributed by atoms with E-state index in [4.69, 9.17) is 0 Å². The van der Waals surface area contributed by atoms with Crippen molar-refractivity contribution in [3.63, 3.8) is 0 Å². The third-order valence-electron chi connectivity index (χ3n) is 3.74. The van der Waals surface area contributed by atoms with E-state index >= 15 is 0 Å². The lowest BCUT2D eigenvalue weighted by Crippen LogP contribution is -2.55. The largest absolute Gasteiger partial charge is 0.339 e. The number of carbonyl (C=O) groups excluding carboxylic acids is 1. The first-order valence-corrected chi connectivity index (χ1v) is 6.70. The molecule has 112 valence electrons. The maximum Gasteiger partial charge on any atom is 0.232 e. The summed E-state index contributed by atoms with van der Waals surface area (Å²) in [5.41, 5.74) is 0.0304. The van der Waals surface area contributed by atoms with Gasteiger partial charge in [0.2, 0.25) is 5.91 Å². The number of benzene rings is 1. The van der Waals surface area contributed by atoms with Crippen LogP contribution in [0.5, 0.6) is 0 Å². The van der Waals surface area contributed by atoms with Gasteiger partial charge in [0.25, 0.3) is 0 Å². The highest BCUT2D eigenvalue weighted by Crippen LogP contribution is 2.26. The van der Waals surface area contributed by atoms with E-state index in [2.05, 4.69) is 12.2 Å². The number of halogens is 2. The lowest BCUT2D eigenvalue weighted by Gasteiger charge is -2.37. The second-order valence-corrected chi connectivity index (χ2v) is 5.74. The summed E-state index contributed by atoms with van der Waals surface area (Å²) in [5.74, 6) is -0.237. The van der Waals surface area contributed by atoms with Gasteiger partial charge < -0.3 is 10.2 Å². The summed E-state index contributed by atoms with van der Waals surface area (Å²) in [7, 11) is 0. The molecule has 1 atom stereocenters. The summed E-state index contributed by atoms with van der Waals surface area (Å²) < 4.78 is 13.3. The van der Waals surface area contributed by atoms with Gasteiger partial charge in [0.05, 0.1) is 5.41 Å². The molecular weight excluding hydrogens is 279 g/mol. The minimum absolute atomic E-state index is 0. The molecular formula is C15H22ClFN2O. The van der Waals surface area contributed by atoms with Crippen molar-refractivity contribution in [3.8, 4) is 0 Å². The summed E-state index contributed by atoms with van der Waals surface area (Å²) in [6.07, 6.45) is 0. The minimum atomic E-state index is -0.695. The predicted molar refractivity (Wildman–Crippen MR) is 80.7 cm³/mol. The Balaban J connectivity index is 0.00000200. The molecule has 20 heavy (non-hydrogen) atoms. The van der Waals surface area contributed by atoms with Crippen LogP contribution in [0.15, 0.2) is 24.3 Å². The first-order valence-electron chi connectivity index (χ1n) is 6.70. The number of hydrogen-bond acceptors (Lipinski definition) is 2. The van der Waals surface area contributed by atoms with E-state index < -0.39 is 5.41 Å². The van der Waals surface area contributed by atoms with E-state index in [1.807, 2.05) is 24.8 Å². The average molecular weight is 301 g/mol. The van der Waals surface area contributed by atoms with Gasteiger partial charge in [0, 0.05) is 25.7 Å². The smallest absolute Gasteiger partial charge is 0.232 e. The molecule has 1 amide bonds. The van der Waals surface area contributed by atoms with Gasteiger partial charge in [0.1, 0.15) is 5.82 Å². The molecule has 1 aromatic rings. The van der Waals surface area contributed by atoms with Crippen LogP contribution in [0.4, 0.5) is 4.39 Å². The molecule has 0 spiro atoms. The Morgan fingerprint density at radius 3 is 2.75 bits per heavy atom. The van der Waals surface area contributed by atoms with Crippen LogP contribution in [0.1, 0.15) is 26.3 Å². The van der Waals surface area contributed by atoms with Crippen LogP contribution in [0.2, 0.25) is 0 Å². The fraction of sp³-hybridized carbons (Fsp3) is 0.533. The SMILES string of the molecule is CC1CN(C(=O)C(C)(C)c2cccc(F)c2)CCN1.Cl. The standard InChI is InChI=1S/C15H21FN2O.ClH/c1-11-10-18(8-7-17-11)14(19)15(2,3)12-5-4-6-13(16)9-12;/h4-6,9,11,17H,7-8,10H2,1-3H3;1H. The Bertz CT molecular complexity index is 479. The quantitative estimate of drug-likeness (QED) is 0.909. The lowest BCUT2D eigenvalue weighted by atomic mass is 9.83. The highest BCUT2D eigenvalue weighted by Gasteiger charge is 2.35. The van der Waals surface area contributed by atoms with Gasteiger partial charge in [-0.15, -0.1) is 12.4 Å². The van der Waals surface area contributed by atoms with E-state index in [1.165, 1.54) is 12.1 Å². The van der Waals surface area contributed by atoms with Gasteiger partial charge in [0.15, 0.2) is 0 Å². The average Bonchev–Trinajstić information content (AvgIpc) is 2.38. The first kappa shape index (κ1) is 16.9. The van der Waals surface area contributed by atoms with Gasteiger partial charge in [-0.1, -0.05) is 12.1 Å². The second kappa shape index (κ2) is 6.55. The van der Waals surface area contributed by atoms with E-state index in [0.717, 1.165) is 12.1 Å². The van der Waals surface area contributed by atoms with Gasteiger partial charge >= 0.3 is 0 Å². The molecule has 1 aliphatic heterocycles. The molecule has 1 N–H and O–H groups in total. The van der Waals surface area contributed by atoms with Gasteiger partial charge in [-0.2, -0.15) is 0 Å². The van der Waals surface area contributed by atoms with Crippen molar-refractivity contribution in [3.05, 3.63) is 35.6 Å². The van der Waals surface area contributed by atoms with Crippen LogP contribution in [0, 0.1) is 5.82 Å². The molecule has 1 heterocycles. The zero-order chi connectivity index (χ0) is 14.0. The normalized spacial score (nSPS) is 19.4. The zero-order valence-electron chi connectivity index (χ0n) is 12.1. The number of rotatable bonds is 2. The first-order chi connectivity index (χ1) is 8.91. The number of nitrogens with zero attached hydrogens (tertiary/aromatic N) is 1. The molecule has 0 aromatic heterocycles. The maximum atomic E-state index is 13.3. The van der Waals surface area contributed by atoms with Crippen molar-refractivity contribution in [2.75, 3.05) is 19.6 Å². The minimum Gasteiger partial charge on any atom is -0.339 e. The molecule has 0 saturated carbocycles. The second-order valence-electron chi connectivity index (χ2n) is 5.74. The number of hydrogen-bond donors (Lipinski definition) is 1. The summed E-state index contributed by atoms with van der Waals surface area (Å²) in [5, 5.41) is 3.31. The van der Waals surface area contributed by atoms with Crippen molar-refractivity contribution in [2.24, 2.45) is 0 Å². The molecule has 5 heteroatoms. The molecule has 1 aromatic carbocycles. The Morgan fingerprint density at radius 1 is 1.45 bits per heavy atom. The summed E-state index contributed by atoms with van der Waals surface area (Å²) in [4.78, 5) is 14.5. The Kier molecular flexibility index (Phi) is 5.54. The van der Waals surface area contributed by atoms with Crippen LogP contribution >= 0.6 is 12.4 Å². The van der Waals surface area contributed by atoms with Crippen LogP contribution in [0.3, 0.4) is 0 Å². The third kappa shape index (κ3) is 3.49. The van der Waals surface area contributed by atoms with Crippen molar-refractivity contribution >= 4 is 18.3 Å². The summed E-state index contributed by atoms with van der Waals surface area (Å²) >= 11 is 0. The van der Waals surface area contributed by atoms with Crippen LogP contribution in [0.25, 0.3) is 0 Å². The molecule has 0 bridgehead atoms. The van der Waals surface area contributed by atoms with Crippen molar-refractivity contribution in [2.45, 2.75) is 32.2 Å². The van der Waals surface area contributed by atoms with Crippen molar-refractivity contribution < 1.29 is 9.18 Å². The fourth-order valence-corrected chi connectivity index (χ4v) is 2.51. The highest BCUT2D eigenvalue weighted by molar-refractivity contribution is 5.87. The van der Waals surface area contributed by atoms with Crippen LogP contribution in [-0.4, -0.2) is 36.5 Å². The van der Waals surface area contributed by atoms with Crippen LogP contribution in [-0.2, 0) is 10.2 Å². The monoisotopic (exact) mass is 300 g/mol. The lowest BCUT2D eigenvalue weighted by molar-refractivity contribution is -0.137. The Labute approximate surface area is 125 Å². The fourth-order valence-electron chi connectivity index (χ4n) is 2.51. The van der Waals surface area contributed by atoms with Crippen LogP contribution < -0.4 is 5.32 Å². The topological polar surface area (TPSA) is 32.3 Å². The molecule has 0 radical (unpaired) electrons. The molecule has 2 rings (SSSR count). The molecule has 1 aliphatic rings. The van der Waals surface area contributed by atoms with Gasteiger partial charge in [-0.25, -0.2) is 4.39 Å². The molecule has 1 unspecified atom stereocenters. The van der Waals surface area contributed by atoms with Gasteiger partial charge in [-0.3, -0.25) is 4.79 Å². The van der Waals surface area contributed by atoms with Gasteiger partial charge in [-0.05, 0) is 38.5 Å². The van der Waals surface area contributed by atoms with E-state index in [0.29, 0.717) is 19.1 Å². The predicted octanol–water partition coefficient (Wildman–Crippen LogP) is 2.35. The van der Waals surface area contributed by atoms with Crippen molar-refractivity contribution in [1.82, 2.24) is 10.2 Å². The number of piperazine rings is 1. The number of nitrogens with one attached hydrogen (secondary N) is 1. The number of carbonyl (C=O) groups is 1. The number of amides is 1. The van der Waals surface area contributed by atoms with E-state index in [9.17, 15) is 9.18 Å². The summed E-state index contributed by atoms with van der Waals surface area (Å²) in [6, 6.07) is 6.62. The molecule has 1 fully saturated rings. The molecule has 0 aliphatic carbocycles. The van der Waals surface area contributed by atoms with E-state index in [-0.39, 0.29) is 24.1 Å². The third-order valence-corrected chi connectivity index (χ3v) is 3.74. The molecule has 1 saturated heterocycles. The Hall–Kier alpha value is -1.13. The van der Waals surface area contributed by atoms with E-state index in [1.54, 1.807) is 6.07 Å².